The van der Waals surface area contributed by atoms with Crippen molar-refractivity contribution in [1.82, 2.24) is 4.90 Å². The lowest BCUT2D eigenvalue weighted by atomic mass is 9.89. The maximum absolute atomic E-state index is 13.7. The van der Waals surface area contributed by atoms with Gasteiger partial charge in [0.05, 0.1) is 24.8 Å². The molecule has 8 unspecified atom stereocenters. The Hall–Kier alpha value is -4.36. The van der Waals surface area contributed by atoms with Crippen molar-refractivity contribution < 1.29 is 44.6 Å². The lowest BCUT2D eigenvalue weighted by Gasteiger charge is -2.40. The monoisotopic (exact) mass is 672 g/mol. The quantitative estimate of drug-likeness (QED) is 0.143. The molecule has 0 bridgehead atoms. The molecule has 258 valence electrons. The molecule has 0 radical (unpaired) electrons. The van der Waals surface area contributed by atoms with Crippen molar-refractivity contribution in [2.75, 3.05) is 18.6 Å². The highest BCUT2D eigenvalue weighted by Gasteiger charge is 2.46. The number of aromatic hydroxyl groups is 1. The smallest absolute Gasteiger partial charge is 0.325 e. The maximum atomic E-state index is 13.7. The van der Waals surface area contributed by atoms with E-state index in [1.807, 2.05) is 42.5 Å². The minimum atomic E-state index is -1.49. The number of rotatable bonds is 10. The standard InChI is InChI=1S/C38H41FN2O8/c1-40-29(8-5-9-30(43)23-14-17-26(39)18-15-23)33(41(38(40)48)27-6-3-2-4-7-27)28-19-16-25(20-31(28)44)22-10-12-24(13-11-22)37-36(47)35(46)34(45)32(21-42)49-37/h2-4,6-7,10-20,29-30,32-37,42-47H,5,8-9,21H2,1H3. The lowest BCUT2D eigenvalue weighted by Crippen LogP contribution is -2.55. The molecule has 0 aliphatic carbocycles. The van der Waals surface area contributed by atoms with Crippen LogP contribution in [0.3, 0.4) is 0 Å². The molecule has 6 rings (SSSR count). The van der Waals surface area contributed by atoms with Crippen molar-refractivity contribution >= 4 is 11.7 Å². The van der Waals surface area contributed by atoms with Crippen LogP contribution in [-0.2, 0) is 4.74 Å². The number of para-hydroxylation sites is 1. The van der Waals surface area contributed by atoms with Crippen LogP contribution in [-0.4, -0.2) is 85.7 Å². The van der Waals surface area contributed by atoms with Gasteiger partial charge in [-0.15, -0.1) is 0 Å². The van der Waals surface area contributed by atoms with Crippen LogP contribution in [0.5, 0.6) is 5.75 Å². The number of likely N-dealkylation sites (N-methyl/N-ethyl adjacent to an activating group) is 1. The fourth-order valence-electron chi connectivity index (χ4n) is 6.96. The first-order valence-corrected chi connectivity index (χ1v) is 16.4. The van der Waals surface area contributed by atoms with Crippen LogP contribution in [0.1, 0.15) is 54.2 Å². The molecule has 4 aromatic rings. The molecule has 2 saturated heterocycles. The number of benzene rings is 4. The van der Waals surface area contributed by atoms with Gasteiger partial charge in [-0.1, -0.05) is 66.7 Å². The van der Waals surface area contributed by atoms with E-state index in [-0.39, 0.29) is 23.6 Å². The Kier molecular flexibility index (Phi) is 10.3. The van der Waals surface area contributed by atoms with E-state index < -0.39 is 49.3 Å². The fourth-order valence-corrected chi connectivity index (χ4v) is 6.96. The summed E-state index contributed by atoms with van der Waals surface area (Å²) in [5.74, 6) is -0.373. The molecule has 11 heteroatoms. The third-order valence-corrected chi connectivity index (χ3v) is 9.73. The van der Waals surface area contributed by atoms with E-state index in [9.17, 15) is 39.8 Å². The van der Waals surface area contributed by atoms with Crippen molar-refractivity contribution in [2.45, 2.75) is 68.0 Å². The summed E-state index contributed by atoms with van der Waals surface area (Å²) in [4.78, 5) is 17.1. The van der Waals surface area contributed by atoms with E-state index in [4.69, 9.17) is 4.74 Å². The van der Waals surface area contributed by atoms with Crippen molar-refractivity contribution in [1.29, 1.82) is 0 Å². The second-order valence-corrected chi connectivity index (χ2v) is 12.8. The van der Waals surface area contributed by atoms with Crippen molar-refractivity contribution in [3.63, 3.8) is 0 Å². The SMILES string of the molecule is CN1C(=O)N(c2ccccc2)C(c2ccc(-c3ccc(C4OC(CO)C(O)C(O)C4O)cc3)cc2O)C1CCCC(O)c1ccc(F)cc1. The van der Waals surface area contributed by atoms with Crippen LogP contribution in [0.25, 0.3) is 11.1 Å². The number of aliphatic hydroxyl groups is 5. The highest BCUT2D eigenvalue weighted by Crippen LogP contribution is 2.44. The molecule has 2 amide bonds. The molecule has 2 fully saturated rings. The minimum absolute atomic E-state index is 0.000822. The second kappa shape index (κ2) is 14.6. The number of urea groups is 1. The summed E-state index contributed by atoms with van der Waals surface area (Å²) >= 11 is 0. The molecule has 0 spiro atoms. The minimum Gasteiger partial charge on any atom is -0.508 e. The van der Waals surface area contributed by atoms with Gasteiger partial charge in [-0.05, 0) is 71.8 Å². The van der Waals surface area contributed by atoms with E-state index in [1.54, 1.807) is 59.3 Å². The van der Waals surface area contributed by atoms with Crippen molar-refractivity contribution in [3.8, 4) is 16.9 Å². The Morgan fingerprint density at radius 1 is 0.857 bits per heavy atom. The number of anilines is 1. The van der Waals surface area contributed by atoms with E-state index >= 15 is 0 Å². The highest BCUT2D eigenvalue weighted by atomic mass is 19.1. The molecule has 8 atom stereocenters. The van der Waals surface area contributed by atoms with Gasteiger partial charge in [-0.25, -0.2) is 9.18 Å². The third-order valence-electron chi connectivity index (χ3n) is 9.73. The van der Waals surface area contributed by atoms with E-state index in [0.29, 0.717) is 47.2 Å². The molecule has 10 nitrogen and oxygen atoms in total. The summed E-state index contributed by atoms with van der Waals surface area (Å²) in [5, 5.41) is 62.7. The van der Waals surface area contributed by atoms with Gasteiger partial charge in [0, 0.05) is 18.3 Å². The fraction of sp³-hybridized carbons (Fsp3) is 0.342. The molecular formula is C38H41FN2O8. The number of hydrogen-bond acceptors (Lipinski definition) is 8. The summed E-state index contributed by atoms with van der Waals surface area (Å²) in [6.07, 6.45) is -5.58. The topological polar surface area (TPSA) is 154 Å². The van der Waals surface area contributed by atoms with Gasteiger partial charge in [-0.2, -0.15) is 0 Å². The Morgan fingerprint density at radius 3 is 2.18 bits per heavy atom. The van der Waals surface area contributed by atoms with Gasteiger partial charge in [0.15, 0.2) is 0 Å². The van der Waals surface area contributed by atoms with Gasteiger partial charge in [0.25, 0.3) is 0 Å². The molecule has 0 saturated carbocycles. The average molecular weight is 673 g/mol. The number of amides is 2. The predicted octanol–water partition coefficient (Wildman–Crippen LogP) is 4.60. The number of phenolic OH excluding ortho intramolecular Hbond substituents is 1. The van der Waals surface area contributed by atoms with Gasteiger partial charge >= 0.3 is 6.03 Å². The first kappa shape index (κ1) is 34.5. The normalized spacial score (nSPS) is 26.3. The van der Waals surface area contributed by atoms with Gasteiger partial charge in [0.2, 0.25) is 0 Å². The van der Waals surface area contributed by atoms with Crippen LogP contribution in [0.15, 0.2) is 97.1 Å². The summed E-state index contributed by atoms with van der Waals surface area (Å²) < 4.78 is 19.1. The van der Waals surface area contributed by atoms with E-state index in [2.05, 4.69) is 0 Å². The Labute approximate surface area is 283 Å². The van der Waals surface area contributed by atoms with Gasteiger partial charge < -0.3 is 40.3 Å². The first-order valence-electron chi connectivity index (χ1n) is 16.4. The van der Waals surface area contributed by atoms with E-state index in [1.165, 1.54) is 12.1 Å². The molecular weight excluding hydrogens is 631 g/mol. The van der Waals surface area contributed by atoms with Crippen LogP contribution < -0.4 is 4.90 Å². The highest BCUT2D eigenvalue weighted by molar-refractivity contribution is 5.96. The van der Waals surface area contributed by atoms with Crippen molar-refractivity contribution in [3.05, 3.63) is 120 Å². The molecule has 4 aromatic carbocycles. The predicted molar refractivity (Wildman–Crippen MR) is 180 cm³/mol. The number of aliphatic hydroxyl groups excluding tert-OH is 5. The number of halogens is 1. The summed E-state index contributed by atoms with van der Waals surface area (Å²) in [5.41, 5.74) is 3.86. The van der Waals surface area contributed by atoms with Crippen LogP contribution >= 0.6 is 0 Å². The zero-order valence-electron chi connectivity index (χ0n) is 27.0. The number of ether oxygens (including phenoxy) is 1. The summed E-state index contributed by atoms with van der Waals surface area (Å²) in [6.45, 7) is -0.520. The zero-order valence-corrected chi connectivity index (χ0v) is 27.0. The maximum Gasteiger partial charge on any atom is 0.325 e. The summed E-state index contributed by atoms with van der Waals surface area (Å²) in [6, 6.07) is 26.2. The van der Waals surface area contributed by atoms with Crippen LogP contribution in [0.2, 0.25) is 0 Å². The number of carbonyl (C=O) groups is 1. The number of hydrogen-bond donors (Lipinski definition) is 6. The Morgan fingerprint density at radius 2 is 1.53 bits per heavy atom. The lowest BCUT2D eigenvalue weighted by molar-refractivity contribution is -0.231. The largest absolute Gasteiger partial charge is 0.508 e. The van der Waals surface area contributed by atoms with E-state index in [0.717, 1.165) is 5.56 Å². The number of nitrogens with zero attached hydrogens (tertiary/aromatic N) is 2. The molecule has 2 aliphatic heterocycles. The molecule has 2 heterocycles. The third kappa shape index (κ3) is 6.91. The molecule has 0 aromatic heterocycles. The number of phenols is 1. The molecule has 49 heavy (non-hydrogen) atoms. The van der Waals surface area contributed by atoms with Crippen molar-refractivity contribution in [2.24, 2.45) is 0 Å². The molecule has 2 aliphatic rings. The van der Waals surface area contributed by atoms with Gasteiger partial charge in [0.1, 0.15) is 42.1 Å². The average Bonchev–Trinajstić information content (AvgIpc) is 3.36. The Bertz CT molecular complexity index is 1720. The van der Waals surface area contributed by atoms with Crippen LogP contribution in [0, 0.1) is 5.82 Å². The number of carbonyl (C=O) groups excluding carboxylic acids is 1. The second-order valence-electron chi connectivity index (χ2n) is 12.8. The summed E-state index contributed by atoms with van der Waals surface area (Å²) in [7, 11) is 1.74. The zero-order chi connectivity index (χ0) is 34.8. The van der Waals surface area contributed by atoms with Gasteiger partial charge in [-0.3, -0.25) is 4.90 Å². The van der Waals surface area contributed by atoms with Crippen LogP contribution in [0.4, 0.5) is 14.9 Å². The molecule has 6 N–H and O–H groups in total. The first-order chi connectivity index (χ1) is 23.6. The Balaban J connectivity index is 1.25.